The summed E-state index contributed by atoms with van der Waals surface area (Å²) in [7, 11) is 0.732. The molecular weight excluding hydrogens is 344 g/mol. The summed E-state index contributed by atoms with van der Waals surface area (Å²) in [4.78, 5) is 6.84. The van der Waals surface area contributed by atoms with E-state index in [1.807, 2.05) is 25.1 Å². The van der Waals surface area contributed by atoms with Crippen molar-refractivity contribution < 1.29 is 8.95 Å². The van der Waals surface area contributed by atoms with Gasteiger partial charge in [0.25, 0.3) is 0 Å². The van der Waals surface area contributed by atoms with Gasteiger partial charge in [0.15, 0.2) is 0 Å². The third-order valence-electron chi connectivity index (χ3n) is 5.07. The lowest BCUT2D eigenvalue weighted by Gasteiger charge is -2.21. The number of anilines is 1. The molecule has 1 aliphatic heterocycles. The minimum absolute atomic E-state index is 0.628. The summed E-state index contributed by atoms with van der Waals surface area (Å²) in [6.07, 6.45) is 2.45. The Morgan fingerprint density at radius 3 is 2.69 bits per heavy atom. The van der Waals surface area contributed by atoms with E-state index in [0.29, 0.717) is 5.75 Å². The van der Waals surface area contributed by atoms with Crippen LogP contribution in [0.25, 0.3) is 22.2 Å². The standard InChI is InChI=1S/C21H24N2O2S/c1-3-26(24)15-9-10-20(23-11-4-5-12-23)16(13-15)19-14-17-18(22-19)7-6-8-21(17)25-2/h6-10,13-14,22H,3-5,11-12H2,1-2H3. The number of ether oxygens (including phenoxy) is 1. The van der Waals surface area contributed by atoms with Crippen LogP contribution >= 0.6 is 0 Å². The second kappa shape index (κ2) is 7.16. The van der Waals surface area contributed by atoms with Gasteiger partial charge in [0.2, 0.25) is 0 Å². The molecule has 3 aromatic rings. The minimum Gasteiger partial charge on any atom is -0.496 e. The average molecular weight is 369 g/mol. The number of fused-ring (bicyclic) bond motifs is 1. The van der Waals surface area contributed by atoms with Gasteiger partial charge in [-0.05, 0) is 49.2 Å². The fraction of sp³-hybridized carbons (Fsp3) is 0.333. The van der Waals surface area contributed by atoms with E-state index in [1.54, 1.807) is 7.11 Å². The molecule has 1 atom stereocenters. The molecule has 136 valence electrons. The molecule has 0 amide bonds. The summed E-state index contributed by atoms with van der Waals surface area (Å²) in [6.45, 7) is 4.11. The number of benzene rings is 2. The van der Waals surface area contributed by atoms with Gasteiger partial charge in [0, 0.05) is 51.6 Å². The van der Waals surface area contributed by atoms with E-state index in [1.165, 1.54) is 18.5 Å². The molecule has 1 unspecified atom stereocenters. The van der Waals surface area contributed by atoms with E-state index in [9.17, 15) is 4.21 Å². The van der Waals surface area contributed by atoms with Gasteiger partial charge in [-0.1, -0.05) is 13.0 Å². The highest BCUT2D eigenvalue weighted by atomic mass is 32.2. The van der Waals surface area contributed by atoms with Crippen LogP contribution in [-0.2, 0) is 10.8 Å². The van der Waals surface area contributed by atoms with Gasteiger partial charge in [-0.25, -0.2) is 0 Å². The van der Waals surface area contributed by atoms with Crippen LogP contribution in [0, 0.1) is 0 Å². The van der Waals surface area contributed by atoms with Crippen molar-refractivity contribution in [2.75, 3.05) is 30.9 Å². The van der Waals surface area contributed by atoms with Gasteiger partial charge >= 0.3 is 0 Å². The Hall–Kier alpha value is -2.27. The van der Waals surface area contributed by atoms with Crippen LogP contribution in [-0.4, -0.2) is 35.1 Å². The Morgan fingerprint density at radius 1 is 1.15 bits per heavy atom. The van der Waals surface area contributed by atoms with Crippen molar-refractivity contribution in [3.05, 3.63) is 42.5 Å². The number of aromatic nitrogens is 1. The number of nitrogens with zero attached hydrogens (tertiary/aromatic N) is 1. The van der Waals surface area contributed by atoms with Crippen molar-refractivity contribution in [2.45, 2.75) is 24.7 Å². The fourth-order valence-electron chi connectivity index (χ4n) is 3.72. The second-order valence-corrected chi connectivity index (χ2v) is 8.35. The van der Waals surface area contributed by atoms with E-state index < -0.39 is 10.8 Å². The van der Waals surface area contributed by atoms with E-state index in [0.717, 1.165) is 45.9 Å². The van der Waals surface area contributed by atoms with Crippen LogP contribution in [0.2, 0.25) is 0 Å². The maximum Gasteiger partial charge on any atom is 0.128 e. The molecule has 0 bridgehead atoms. The molecule has 0 radical (unpaired) electrons. The molecule has 2 heterocycles. The number of hydrogen-bond donors (Lipinski definition) is 1. The normalized spacial score (nSPS) is 15.5. The molecule has 0 aliphatic carbocycles. The topological polar surface area (TPSA) is 45.3 Å². The van der Waals surface area contributed by atoms with Gasteiger partial charge in [-0.3, -0.25) is 4.21 Å². The highest BCUT2D eigenvalue weighted by molar-refractivity contribution is 7.85. The Balaban J connectivity index is 1.88. The zero-order chi connectivity index (χ0) is 18.1. The molecule has 1 aromatic heterocycles. The Morgan fingerprint density at radius 2 is 1.96 bits per heavy atom. The zero-order valence-electron chi connectivity index (χ0n) is 15.2. The Labute approximate surface area is 156 Å². The Kier molecular flexibility index (Phi) is 4.72. The summed E-state index contributed by atoms with van der Waals surface area (Å²) < 4.78 is 17.9. The summed E-state index contributed by atoms with van der Waals surface area (Å²) in [5.74, 6) is 1.49. The SMILES string of the molecule is CCS(=O)c1ccc(N2CCCC2)c(-c2cc3c(OC)cccc3[nH]2)c1. The van der Waals surface area contributed by atoms with Gasteiger partial charge in [0.05, 0.1) is 17.9 Å². The molecule has 0 saturated carbocycles. The van der Waals surface area contributed by atoms with Crippen molar-refractivity contribution in [1.82, 2.24) is 4.98 Å². The van der Waals surface area contributed by atoms with Crippen LogP contribution in [0.15, 0.2) is 47.4 Å². The van der Waals surface area contributed by atoms with Crippen molar-refractivity contribution >= 4 is 27.4 Å². The van der Waals surface area contributed by atoms with Crippen molar-refractivity contribution in [2.24, 2.45) is 0 Å². The van der Waals surface area contributed by atoms with E-state index in [4.69, 9.17) is 4.74 Å². The van der Waals surface area contributed by atoms with Gasteiger partial charge < -0.3 is 14.6 Å². The lowest BCUT2D eigenvalue weighted by atomic mass is 10.1. The predicted octanol–water partition coefficient (Wildman–Crippen LogP) is 4.57. The van der Waals surface area contributed by atoms with E-state index in [2.05, 4.69) is 34.1 Å². The van der Waals surface area contributed by atoms with Crippen molar-refractivity contribution in [1.29, 1.82) is 0 Å². The maximum absolute atomic E-state index is 12.4. The zero-order valence-corrected chi connectivity index (χ0v) is 16.1. The molecule has 4 nitrogen and oxygen atoms in total. The molecule has 0 spiro atoms. The van der Waals surface area contributed by atoms with Crippen molar-refractivity contribution in [3.8, 4) is 17.0 Å². The predicted molar refractivity (Wildman–Crippen MR) is 109 cm³/mol. The minimum atomic E-state index is -0.965. The first-order valence-electron chi connectivity index (χ1n) is 9.14. The summed E-state index contributed by atoms with van der Waals surface area (Å²) in [5, 5.41) is 1.07. The third-order valence-corrected chi connectivity index (χ3v) is 6.38. The molecule has 4 rings (SSSR count). The number of hydrogen-bond acceptors (Lipinski definition) is 3. The highest BCUT2D eigenvalue weighted by Crippen LogP contribution is 2.37. The van der Waals surface area contributed by atoms with Crippen LogP contribution in [0.3, 0.4) is 0 Å². The first kappa shape index (κ1) is 17.2. The summed E-state index contributed by atoms with van der Waals surface area (Å²) >= 11 is 0. The fourth-order valence-corrected chi connectivity index (χ4v) is 4.53. The smallest absolute Gasteiger partial charge is 0.128 e. The molecule has 5 heteroatoms. The molecule has 1 fully saturated rings. The number of aromatic amines is 1. The van der Waals surface area contributed by atoms with Crippen LogP contribution in [0.5, 0.6) is 5.75 Å². The number of nitrogens with one attached hydrogen (secondary N) is 1. The van der Waals surface area contributed by atoms with Gasteiger partial charge in [-0.15, -0.1) is 0 Å². The first-order valence-corrected chi connectivity index (χ1v) is 10.5. The Bertz CT molecular complexity index is 958. The monoisotopic (exact) mass is 368 g/mol. The molecule has 1 aliphatic rings. The lowest BCUT2D eigenvalue weighted by molar-refractivity contribution is 0.420. The van der Waals surface area contributed by atoms with Gasteiger partial charge in [-0.2, -0.15) is 0 Å². The molecular formula is C21H24N2O2S. The largest absolute Gasteiger partial charge is 0.496 e. The molecule has 26 heavy (non-hydrogen) atoms. The van der Waals surface area contributed by atoms with Crippen LogP contribution in [0.1, 0.15) is 19.8 Å². The molecule has 1 N–H and O–H groups in total. The number of H-pyrrole nitrogens is 1. The highest BCUT2D eigenvalue weighted by Gasteiger charge is 2.19. The average Bonchev–Trinajstić information content (AvgIpc) is 3.36. The number of rotatable bonds is 5. The number of methoxy groups -OCH3 is 1. The molecule has 1 saturated heterocycles. The van der Waals surface area contributed by atoms with E-state index >= 15 is 0 Å². The van der Waals surface area contributed by atoms with Gasteiger partial charge in [0.1, 0.15) is 5.75 Å². The summed E-state index contributed by atoms with van der Waals surface area (Å²) in [5.41, 5.74) is 4.42. The third kappa shape index (κ3) is 3.01. The van der Waals surface area contributed by atoms with Crippen LogP contribution < -0.4 is 9.64 Å². The summed E-state index contributed by atoms with van der Waals surface area (Å²) in [6, 6.07) is 14.4. The van der Waals surface area contributed by atoms with Crippen LogP contribution in [0.4, 0.5) is 5.69 Å². The maximum atomic E-state index is 12.4. The molecule has 2 aromatic carbocycles. The van der Waals surface area contributed by atoms with E-state index in [-0.39, 0.29) is 0 Å². The quantitative estimate of drug-likeness (QED) is 0.717. The first-order chi connectivity index (χ1) is 12.7. The van der Waals surface area contributed by atoms with Crippen molar-refractivity contribution in [3.63, 3.8) is 0 Å². The lowest BCUT2D eigenvalue weighted by Crippen LogP contribution is -2.18. The second-order valence-electron chi connectivity index (χ2n) is 6.61.